The number of carbonyl (C=O) groups excluding carboxylic acids is 4. The summed E-state index contributed by atoms with van der Waals surface area (Å²) in [7, 11) is 0. The van der Waals surface area contributed by atoms with Gasteiger partial charge in [0.2, 0.25) is 23.6 Å². The van der Waals surface area contributed by atoms with Crippen LogP contribution in [-0.2, 0) is 43.2 Å². The number of H-pyrrole nitrogens is 1. The normalized spacial score (nSPS) is 20.0. The fraction of sp³-hybridized carbons (Fsp3) is 0.310. The van der Waals surface area contributed by atoms with Crippen LogP contribution in [0, 0.1) is 0 Å². The van der Waals surface area contributed by atoms with Crippen molar-refractivity contribution >= 4 is 51.3 Å². The van der Waals surface area contributed by atoms with Crippen LogP contribution < -0.4 is 21.3 Å². The van der Waals surface area contributed by atoms with E-state index in [0.29, 0.717) is 25.7 Å². The molecule has 4 amide bonds. The van der Waals surface area contributed by atoms with Crippen molar-refractivity contribution in [2.24, 2.45) is 0 Å². The molecule has 1 aliphatic rings. The van der Waals surface area contributed by atoms with E-state index in [2.05, 4.69) is 26.3 Å². The summed E-state index contributed by atoms with van der Waals surface area (Å²) in [5, 5.41) is 23.8. The van der Waals surface area contributed by atoms with Crippen LogP contribution in [0.5, 0.6) is 0 Å². The zero-order valence-corrected chi connectivity index (χ0v) is 29.5. The van der Waals surface area contributed by atoms with Crippen molar-refractivity contribution in [2.75, 3.05) is 0 Å². The van der Waals surface area contributed by atoms with Crippen LogP contribution in [-0.4, -0.2) is 63.9 Å². The molecule has 1 aromatic heterocycles. The minimum absolute atomic E-state index is 0.00139. The standard InChI is InChI=1S/C42H45N5O6/c48-38-25-31(23-30-26-43-34-19-10-9-18-33(30)34)44-41(52)37(24-29-16-11-15-28-14-7-8-17-32(28)29)47-40(51)35(20-5-2-6-21-39(49)50)46-42(53)36(45-38)22-27-12-3-1-4-13-27/h1,3-4,7-19,26,31,35-37,43H,2,5-6,20-25H2,(H,44,52)(H,45,48)(H,46,53)(H,47,51)(H,49,50)/t31-,35-,36-,37-/m0/s1. The summed E-state index contributed by atoms with van der Waals surface area (Å²) in [6.45, 7) is 0. The lowest BCUT2D eigenvalue weighted by Crippen LogP contribution is -2.57. The van der Waals surface area contributed by atoms with Crippen LogP contribution in [0.3, 0.4) is 0 Å². The van der Waals surface area contributed by atoms with E-state index in [1.807, 2.05) is 103 Å². The number of hydrogen-bond acceptors (Lipinski definition) is 5. The molecule has 1 aliphatic heterocycles. The number of carbonyl (C=O) groups is 5. The third-order valence-corrected chi connectivity index (χ3v) is 9.81. The zero-order chi connectivity index (χ0) is 37.2. The molecule has 0 radical (unpaired) electrons. The van der Waals surface area contributed by atoms with E-state index in [9.17, 15) is 24.0 Å². The summed E-state index contributed by atoms with van der Waals surface area (Å²) in [4.78, 5) is 70.7. The number of amides is 4. The largest absolute Gasteiger partial charge is 0.481 e. The maximum Gasteiger partial charge on any atom is 0.303 e. The first-order valence-corrected chi connectivity index (χ1v) is 18.2. The number of fused-ring (bicyclic) bond motifs is 2. The van der Waals surface area contributed by atoms with Gasteiger partial charge in [0, 0.05) is 48.8 Å². The predicted molar refractivity (Wildman–Crippen MR) is 203 cm³/mol. The average Bonchev–Trinajstić information content (AvgIpc) is 3.56. The maximum atomic E-state index is 14.3. The second kappa shape index (κ2) is 17.5. The van der Waals surface area contributed by atoms with E-state index in [1.165, 1.54) is 0 Å². The van der Waals surface area contributed by atoms with Crippen LogP contribution in [0.2, 0.25) is 0 Å². The third-order valence-electron chi connectivity index (χ3n) is 9.81. The van der Waals surface area contributed by atoms with Gasteiger partial charge < -0.3 is 31.4 Å². The number of carboxylic acid groups (broad SMARTS) is 1. The molecule has 4 atom stereocenters. The molecule has 1 saturated heterocycles. The number of rotatable bonds is 12. The summed E-state index contributed by atoms with van der Waals surface area (Å²) >= 11 is 0. The van der Waals surface area contributed by atoms with Crippen molar-refractivity contribution in [3.8, 4) is 0 Å². The van der Waals surface area contributed by atoms with Gasteiger partial charge >= 0.3 is 5.97 Å². The smallest absolute Gasteiger partial charge is 0.303 e. The molecule has 5 aromatic rings. The van der Waals surface area contributed by atoms with Gasteiger partial charge in [-0.3, -0.25) is 24.0 Å². The molecule has 1 fully saturated rings. The van der Waals surface area contributed by atoms with Gasteiger partial charge in [0.05, 0.1) is 0 Å². The van der Waals surface area contributed by atoms with Crippen LogP contribution in [0.1, 0.15) is 55.2 Å². The number of unbranched alkanes of at least 4 members (excludes halogenated alkanes) is 2. The molecule has 4 aromatic carbocycles. The highest BCUT2D eigenvalue weighted by atomic mass is 16.4. The lowest BCUT2D eigenvalue weighted by atomic mass is 9.97. The minimum atomic E-state index is -1.03. The summed E-state index contributed by atoms with van der Waals surface area (Å²) in [6.07, 6.45) is 4.09. The van der Waals surface area contributed by atoms with Gasteiger partial charge in [-0.2, -0.15) is 0 Å². The van der Waals surface area contributed by atoms with Gasteiger partial charge in [0.25, 0.3) is 0 Å². The van der Waals surface area contributed by atoms with E-state index >= 15 is 0 Å². The number of aromatic nitrogens is 1. The van der Waals surface area contributed by atoms with Crippen LogP contribution in [0.15, 0.2) is 103 Å². The van der Waals surface area contributed by atoms with E-state index in [-0.39, 0.29) is 32.1 Å². The van der Waals surface area contributed by atoms with Crippen molar-refractivity contribution in [1.82, 2.24) is 26.3 Å². The van der Waals surface area contributed by atoms with Gasteiger partial charge in [-0.1, -0.05) is 104 Å². The SMILES string of the molecule is O=C(O)CCCCC[C@@H]1NC(=O)[C@H](Cc2ccccc2)NC(=O)C[C@H](Cc2c[nH]c3ccccc23)NC(=O)[C@H](Cc2cccc3ccccc23)NC1=O. The summed E-state index contributed by atoms with van der Waals surface area (Å²) in [5.41, 5.74) is 3.53. The highest BCUT2D eigenvalue weighted by Crippen LogP contribution is 2.22. The minimum Gasteiger partial charge on any atom is -0.481 e. The predicted octanol–water partition coefficient (Wildman–Crippen LogP) is 4.73. The average molecular weight is 716 g/mol. The Bertz CT molecular complexity index is 2070. The molecular formula is C42H45N5O6. The van der Waals surface area contributed by atoms with Crippen molar-refractivity contribution in [3.05, 3.63) is 120 Å². The molecule has 0 unspecified atom stereocenters. The molecule has 0 spiro atoms. The maximum absolute atomic E-state index is 14.3. The number of nitrogens with one attached hydrogen (secondary N) is 5. The van der Waals surface area contributed by atoms with Crippen molar-refractivity contribution in [1.29, 1.82) is 0 Å². The van der Waals surface area contributed by atoms with Crippen molar-refractivity contribution in [3.63, 3.8) is 0 Å². The quantitative estimate of drug-likeness (QED) is 0.102. The number of para-hydroxylation sites is 1. The fourth-order valence-electron chi connectivity index (χ4n) is 7.09. The molecule has 0 aliphatic carbocycles. The molecular weight excluding hydrogens is 670 g/mol. The van der Waals surface area contributed by atoms with Crippen LogP contribution in [0.25, 0.3) is 21.7 Å². The third kappa shape index (κ3) is 9.88. The Kier molecular flexibility index (Phi) is 12.2. The number of carboxylic acids is 1. The number of benzene rings is 4. The number of hydrogen-bond donors (Lipinski definition) is 6. The molecule has 274 valence electrons. The molecule has 11 heteroatoms. The zero-order valence-electron chi connectivity index (χ0n) is 29.5. The Morgan fingerprint density at radius 3 is 2.08 bits per heavy atom. The molecule has 11 nitrogen and oxygen atoms in total. The number of aromatic amines is 1. The van der Waals surface area contributed by atoms with Crippen LogP contribution in [0.4, 0.5) is 0 Å². The number of aliphatic carboxylic acids is 1. The molecule has 2 heterocycles. The first kappa shape index (κ1) is 36.8. The summed E-state index contributed by atoms with van der Waals surface area (Å²) in [6, 6.07) is 27.0. The monoisotopic (exact) mass is 715 g/mol. The first-order valence-electron chi connectivity index (χ1n) is 18.2. The van der Waals surface area contributed by atoms with E-state index < -0.39 is 53.8 Å². The van der Waals surface area contributed by atoms with E-state index in [0.717, 1.165) is 38.4 Å². The molecule has 0 bridgehead atoms. The molecule has 6 rings (SSSR count). The van der Waals surface area contributed by atoms with Crippen molar-refractivity contribution in [2.45, 2.75) is 82.0 Å². The van der Waals surface area contributed by atoms with E-state index in [4.69, 9.17) is 5.11 Å². The highest BCUT2D eigenvalue weighted by Gasteiger charge is 2.33. The topological polar surface area (TPSA) is 169 Å². The van der Waals surface area contributed by atoms with Gasteiger partial charge in [-0.05, 0) is 52.8 Å². The molecule has 0 saturated carbocycles. The van der Waals surface area contributed by atoms with Crippen LogP contribution >= 0.6 is 0 Å². The lowest BCUT2D eigenvalue weighted by molar-refractivity contribution is -0.137. The second-order valence-electron chi connectivity index (χ2n) is 13.7. The van der Waals surface area contributed by atoms with Gasteiger partial charge in [-0.25, -0.2) is 0 Å². The summed E-state index contributed by atoms with van der Waals surface area (Å²) in [5.74, 6) is -2.82. The van der Waals surface area contributed by atoms with Crippen molar-refractivity contribution < 1.29 is 29.1 Å². The Morgan fingerprint density at radius 1 is 0.604 bits per heavy atom. The Balaban J connectivity index is 1.34. The molecule has 53 heavy (non-hydrogen) atoms. The lowest BCUT2D eigenvalue weighted by Gasteiger charge is -2.25. The van der Waals surface area contributed by atoms with Gasteiger partial charge in [0.15, 0.2) is 0 Å². The Hall–Kier alpha value is -5.97. The van der Waals surface area contributed by atoms with Gasteiger partial charge in [0.1, 0.15) is 18.1 Å². The van der Waals surface area contributed by atoms with Gasteiger partial charge in [-0.15, -0.1) is 0 Å². The Labute approximate surface area is 307 Å². The Morgan fingerprint density at radius 2 is 1.26 bits per heavy atom. The molecule has 6 N–H and O–H groups in total. The fourth-order valence-corrected chi connectivity index (χ4v) is 7.09. The van der Waals surface area contributed by atoms with E-state index in [1.54, 1.807) is 0 Å². The first-order chi connectivity index (χ1) is 25.7. The highest BCUT2D eigenvalue weighted by molar-refractivity contribution is 5.96. The second-order valence-corrected chi connectivity index (χ2v) is 13.7. The summed E-state index contributed by atoms with van der Waals surface area (Å²) < 4.78 is 0.